The average Bonchev–Trinajstić information content (AvgIpc) is 3.24. The van der Waals surface area contributed by atoms with Crippen LogP contribution in [0.4, 0.5) is 0 Å². The summed E-state index contributed by atoms with van der Waals surface area (Å²) in [6.45, 7) is 3.61. The highest BCUT2D eigenvalue weighted by molar-refractivity contribution is 5.94. The van der Waals surface area contributed by atoms with Crippen molar-refractivity contribution in [3.05, 3.63) is 95.6 Å². The summed E-state index contributed by atoms with van der Waals surface area (Å²) in [6.07, 6.45) is 1.96. The monoisotopic (exact) mass is 425 g/mol. The molecular weight excluding hydrogens is 398 g/mol. The van der Waals surface area contributed by atoms with Gasteiger partial charge in [-0.3, -0.25) is 9.69 Å². The quantitative estimate of drug-likeness (QED) is 0.509. The third-order valence-electron chi connectivity index (χ3n) is 6.14. The Kier molecular flexibility index (Phi) is 5.94. The highest BCUT2D eigenvalue weighted by atomic mass is 16.1. The lowest BCUT2D eigenvalue weighted by Gasteiger charge is -2.32. The van der Waals surface area contributed by atoms with Crippen LogP contribution in [0, 0.1) is 0 Å². The Bertz CT molecular complexity index is 1180. The lowest BCUT2D eigenvalue weighted by molar-refractivity contribution is 0.0909. The number of fused-ring (bicyclic) bond motifs is 1. The first kappa shape index (κ1) is 20.4. The van der Waals surface area contributed by atoms with E-state index in [9.17, 15) is 4.79 Å². The molecule has 1 saturated heterocycles. The van der Waals surface area contributed by atoms with Gasteiger partial charge in [-0.1, -0.05) is 59.8 Å². The van der Waals surface area contributed by atoms with Crippen LogP contribution in [0.5, 0.6) is 0 Å². The van der Waals surface area contributed by atoms with E-state index in [-0.39, 0.29) is 11.9 Å². The van der Waals surface area contributed by atoms with E-state index in [1.807, 2.05) is 59.3 Å². The number of rotatable bonds is 6. The molecule has 0 radical (unpaired) electrons. The second-order valence-electron chi connectivity index (χ2n) is 8.44. The molecule has 3 aromatic carbocycles. The highest BCUT2D eigenvalue weighted by Gasteiger charge is 2.21. The SMILES string of the molecule is O=C(NC1CCN(Cc2ccccc2)CC1)c1ccc(Cn2nnc3ccccc32)cc1. The Hall–Kier alpha value is -3.51. The van der Waals surface area contributed by atoms with E-state index in [4.69, 9.17) is 0 Å². The predicted octanol–water partition coefficient (Wildman–Crippen LogP) is 3.87. The van der Waals surface area contributed by atoms with E-state index < -0.39 is 0 Å². The molecule has 2 heterocycles. The zero-order valence-corrected chi connectivity index (χ0v) is 18.0. The van der Waals surface area contributed by atoms with E-state index in [1.54, 1.807) is 0 Å². The molecule has 0 unspecified atom stereocenters. The fourth-order valence-electron chi connectivity index (χ4n) is 4.31. The lowest BCUT2D eigenvalue weighted by Crippen LogP contribution is -2.44. The van der Waals surface area contributed by atoms with E-state index in [1.165, 1.54) is 5.56 Å². The fourth-order valence-corrected chi connectivity index (χ4v) is 4.31. The molecule has 0 bridgehead atoms. The highest BCUT2D eigenvalue weighted by Crippen LogP contribution is 2.16. The van der Waals surface area contributed by atoms with Crippen LogP contribution >= 0.6 is 0 Å². The van der Waals surface area contributed by atoms with Crippen molar-refractivity contribution in [3.8, 4) is 0 Å². The van der Waals surface area contributed by atoms with Crippen molar-refractivity contribution in [2.75, 3.05) is 13.1 Å². The van der Waals surface area contributed by atoms with Gasteiger partial charge in [-0.05, 0) is 48.2 Å². The number of nitrogens with zero attached hydrogens (tertiary/aromatic N) is 4. The molecule has 0 saturated carbocycles. The molecule has 1 aromatic heterocycles. The van der Waals surface area contributed by atoms with Crippen molar-refractivity contribution >= 4 is 16.9 Å². The number of carbonyl (C=O) groups excluding carboxylic acids is 1. The smallest absolute Gasteiger partial charge is 0.251 e. The van der Waals surface area contributed by atoms with Gasteiger partial charge in [-0.2, -0.15) is 0 Å². The van der Waals surface area contributed by atoms with E-state index in [0.717, 1.165) is 49.1 Å². The van der Waals surface area contributed by atoms with Crippen LogP contribution in [0.1, 0.15) is 34.3 Å². The van der Waals surface area contributed by atoms with Crippen molar-refractivity contribution in [2.45, 2.75) is 32.0 Å². The standard InChI is InChI=1S/C26H27N5O/c32-26(27-23-14-16-30(17-15-23)18-20-6-2-1-3-7-20)22-12-10-21(11-13-22)19-31-25-9-5-4-8-24(25)28-29-31/h1-13,23H,14-19H2,(H,27,32). The Morgan fingerprint density at radius 3 is 2.31 bits per heavy atom. The number of amides is 1. The van der Waals surface area contributed by atoms with Crippen molar-refractivity contribution in [1.82, 2.24) is 25.2 Å². The van der Waals surface area contributed by atoms with Crippen LogP contribution in [0.2, 0.25) is 0 Å². The lowest BCUT2D eigenvalue weighted by atomic mass is 10.0. The van der Waals surface area contributed by atoms with Crippen molar-refractivity contribution < 1.29 is 4.79 Å². The minimum absolute atomic E-state index is 0.00395. The average molecular weight is 426 g/mol. The van der Waals surface area contributed by atoms with Gasteiger partial charge in [0.1, 0.15) is 5.52 Å². The summed E-state index contributed by atoms with van der Waals surface area (Å²) in [7, 11) is 0. The summed E-state index contributed by atoms with van der Waals surface area (Å²) in [5, 5.41) is 11.7. The van der Waals surface area contributed by atoms with Crippen molar-refractivity contribution in [2.24, 2.45) is 0 Å². The summed E-state index contributed by atoms with van der Waals surface area (Å²) >= 11 is 0. The molecule has 4 aromatic rings. The van der Waals surface area contributed by atoms with Gasteiger partial charge in [0.15, 0.2) is 0 Å². The summed E-state index contributed by atoms with van der Waals surface area (Å²) < 4.78 is 1.88. The molecule has 32 heavy (non-hydrogen) atoms. The normalized spacial score (nSPS) is 15.1. The first-order valence-electron chi connectivity index (χ1n) is 11.2. The molecule has 6 heteroatoms. The Labute approximate surface area is 187 Å². The summed E-state index contributed by atoms with van der Waals surface area (Å²) in [5.74, 6) is 0.00395. The fraction of sp³-hybridized carbons (Fsp3) is 0.269. The molecule has 0 aliphatic carbocycles. The van der Waals surface area contributed by atoms with Gasteiger partial charge >= 0.3 is 0 Å². The van der Waals surface area contributed by atoms with Crippen LogP contribution in [-0.4, -0.2) is 44.9 Å². The minimum atomic E-state index is 0.00395. The molecule has 1 amide bonds. The molecule has 1 aliphatic heterocycles. The van der Waals surface area contributed by atoms with Gasteiger partial charge in [0, 0.05) is 31.2 Å². The number of carbonyl (C=O) groups is 1. The topological polar surface area (TPSA) is 63.1 Å². The molecular formula is C26H27N5O. The largest absolute Gasteiger partial charge is 0.349 e. The maximum Gasteiger partial charge on any atom is 0.251 e. The van der Waals surface area contributed by atoms with Gasteiger partial charge in [0.05, 0.1) is 12.1 Å². The second kappa shape index (κ2) is 9.32. The molecule has 1 aliphatic rings. The maximum absolute atomic E-state index is 12.7. The molecule has 0 spiro atoms. The number of para-hydroxylation sites is 1. The van der Waals surface area contributed by atoms with Gasteiger partial charge in [-0.15, -0.1) is 5.10 Å². The van der Waals surface area contributed by atoms with E-state index >= 15 is 0 Å². The molecule has 162 valence electrons. The third-order valence-corrected chi connectivity index (χ3v) is 6.14. The van der Waals surface area contributed by atoms with E-state index in [2.05, 4.69) is 44.8 Å². The Balaban J connectivity index is 1.13. The number of aromatic nitrogens is 3. The number of piperidine rings is 1. The summed E-state index contributed by atoms with van der Waals surface area (Å²) in [6, 6.07) is 26.5. The van der Waals surface area contributed by atoms with Crippen LogP contribution in [0.3, 0.4) is 0 Å². The van der Waals surface area contributed by atoms with Gasteiger partial charge < -0.3 is 5.32 Å². The number of benzene rings is 3. The van der Waals surface area contributed by atoms with Crippen molar-refractivity contribution in [3.63, 3.8) is 0 Å². The molecule has 5 rings (SSSR count). The second-order valence-corrected chi connectivity index (χ2v) is 8.44. The number of hydrogen-bond acceptors (Lipinski definition) is 4. The molecule has 1 fully saturated rings. The zero-order chi connectivity index (χ0) is 21.8. The number of hydrogen-bond donors (Lipinski definition) is 1. The van der Waals surface area contributed by atoms with Crippen LogP contribution in [-0.2, 0) is 13.1 Å². The number of likely N-dealkylation sites (tertiary alicyclic amines) is 1. The predicted molar refractivity (Wildman–Crippen MR) is 125 cm³/mol. The van der Waals surface area contributed by atoms with Gasteiger partial charge in [0.2, 0.25) is 0 Å². The van der Waals surface area contributed by atoms with Gasteiger partial charge in [-0.25, -0.2) is 4.68 Å². The van der Waals surface area contributed by atoms with Crippen LogP contribution in [0.15, 0.2) is 78.9 Å². The Morgan fingerprint density at radius 1 is 0.844 bits per heavy atom. The zero-order valence-electron chi connectivity index (χ0n) is 18.0. The number of nitrogens with one attached hydrogen (secondary N) is 1. The molecule has 0 atom stereocenters. The van der Waals surface area contributed by atoms with Crippen LogP contribution < -0.4 is 5.32 Å². The van der Waals surface area contributed by atoms with Crippen LogP contribution in [0.25, 0.3) is 11.0 Å². The first-order valence-corrected chi connectivity index (χ1v) is 11.2. The maximum atomic E-state index is 12.7. The molecule has 1 N–H and O–H groups in total. The summed E-state index contributed by atoms with van der Waals surface area (Å²) in [5.41, 5.74) is 5.02. The van der Waals surface area contributed by atoms with Gasteiger partial charge in [0.25, 0.3) is 5.91 Å². The van der Waals surface area contributed by atoms with E-state index in [0.29, 0.717) is 12.1 Å². The first-order chi connectivity index (χ1) is 15.7. The Morgan fingerprint density at radius 2 is 1.53 bits per heavy atom. The minimum Gasteiger partial charge on any atom is -0.349 e. The molecule has 6 nitrogen and oxygen atoms in total. The summed E-state index contributed by atoms with van der Waals surface area (Å²) in [4.78, 5) is 15.2. The third kappa shape index (κ3) is 4.70. The van der Waals surface area contributed by atoms with Crippen molar-refractivity contribution in [1.29, 1.82) is 0 Å².